The lowest BCUT2D eigenvalue weighted by Crippen LogP contribution is -2.17. The fourth-order valence-corrected chi connectivity index (χ4v) is 2.68. The van der Waals surface area contributed by atoms with Crippen LogP contribution in [0.1, 0.15) is 79.2 Å². The lowest BCUT2D eigenvalue weighted by molar-refractivity contribution is 0.519. The van der Waals surface area contributed by atoms with Gasteiger partial charge in [0.15, 0.2) is 5.49 Å². The maximum Gasteiger partial charge on any atom is 0.169 e. The van der Waals surface area contributed by atoms with Gasteiger partial charge in [-0.3, -0.25) is 4.99 Å². The second-order valence-corrected chi connectivity index (χ2v) is 5.94. The molecule has 0 saturated heterocycles. The number of halogens is 1. The first-order valence-electron chi connectivity index (χ1n) is 8.91. The van der Waals surface area contributed by atoms with Crippen LogP contribution in [0.5, 0.6) is 0 Å². The fraction of sp³-hybridized carbons (Fsp3) is 0.765. The van der Waals surface area contributed by atoms with E-state index >= 15 is 0 Å². The minimum absolute atomic E-state index is 0.134. The molecular weight excluding hydrogens is 282 g/mol. The minimum atomic E-state index is 0.134. The van der Waals surface area contributed by atoms with E-state index in [9.17, 15) is 0 Å². The standard InChI is InChI=1S/C17H30ClN3/c1-4-7-8-9-10-11-12-14(5-2)21-17-16(18)15(6-3)19-13-20-17/h13-14H,4-12H2,1-3H3,(H,19,20,21)/i13D. The largest absolute Gasteiger partial charge is 0.348 e. The minimum Gasteiger partial charge on any atom is -0.348 e. The monoisotopic (exact) mass is 312 g/mol. The van der Waals surface area contributed by atoms with Gasteiger partial charge in [-0.15, -0.1) is 0 Å². The van der Waals surface area contributed by atoms with E-state index in [0.29, 0.717) is 10.5 Å². The average Bonchev–Trinajstić information content (AvgIpc) is 2.52. The van der Waals surface area contributed by atoms with Gasteiger partial charge in [-0.25, -0.2) is 4.98 Å². The van der Waals surface area contributed by atoms with E-state index in [1.165, 1.54) is 38.5 Å². The topological polar surface area (TPSA) is 41.0 Å². The van der Waals surface area contributed by atoms with Crippen LogP contribution < -0.4 is 5.49 Å². The van der Waals surface area contributed by atoms with Gasteiger partial charge >= 0.3 is 0 Å². The van der Waals surface area contributed by atoms with Crippen LogP contribution in [0.2, 0.25) is 5.02 Å². The molecule has 1 aromatic rings. The maximum atomic E-state index is 7.73. The molecule has 1 N–H and O–H groups in total. The van der Waals surface area contributed by atoms with E-state index in [-0.39, 0.29) is 12.3 Å². The molecule has 1 unspecified atom stereocenters. The molecule has 0 spiro atoms. The Bertz CT molecular complexity index is 499. The number of aryl methyl sites for hydroxylation is 1. The predicted molar refractivity (Wildman–Crippen MR) is 90.6 cm³/mol. The number of hydrogen-bond donors (Lipinski definition) is 1. The molecule has 0 aliphatic rings. The van der Waals surface area contributed by atoms with Crippen LogP contribution in [-0.2, 0) is 6.42 Å². The highest BCUT2D eigenvalue weighted by Gasteiger charge is 2.07. The van der Waals surface area contributed by atoms with E-state index in [1.54, 1.807) is 0 Å². The molecule has 0 aliphatic carbocycles. The molecule has 0 amide bonds. The molecule has 1 rings (SSSR count). The van der Waals surface area contributed by atoms with Crippen LogP contribution in [0.15, 0.2) is 11.3 Å². The van der Waals surface area contributed by atoms with Gasteiger partial charge in [-0.05, 0) is 19.3 Å². The maximum absolute atomic E-state index is 7.73. The Balaban J connectivity index is 2.66. The summed E-state index contributed by atoms with van der Waals surface area (Å²) >= 11 is 6.33. The molecule has 0 saturated carbocycles. The normalized spacial score (nSPS) is 14.3. The van der Waals surface area contributed by atoms with Crippen LogP contribution in [0.25, 0.3) is 0 Å². The second kappa shape index (κ2) is 10.8. The number of rotatable bonds is 10. The Kier molecular flexibility index (Phi) is 8.53. The molecule has 1 aromatic heterocycles. The van der Waals surface area contributed by atoms with Gasteiger partial charge in [-0.1, -0.05) is 70.9 Å². The van der Waals surface area contributed by atoms with E-state index in [4.69, 9.17) is 18.0 Å². The van der Waals surface area contributed by atoms with E-state index < -0.39 is 0 Å². The first kappa shape index (κ1) is 16.5. The summed E-state index contributed by atoms with van der Waals surface area (Å²) in [6, 6.07) is 0.252. The second-order valence-electron chi connectivity index (χ2n) is 5.57. The van der Waals surface area contributed by atoms with Crippen molar-refractivity contribution in [3.63, 3.8) is 0 Å². The number of aromatic nitrogens is 2. The Morgan fingerprint density at radius 2 is 1.95 bits per heavy atom. The number of nitrogens with one attached hydrogen (secondary N) is 1. The summed E-state index contributed by atoms with van der Waals surface area (Å²) in [6.45, 7) is 6.40. The summed E-state index contributed by atoms with van der Waals surface area (Å²) in [6.07, 6.45) is 10.7. The van der Waals surface area contributed by atoms with Crippen molar-refractivity contribution in [1.82, 2.24) is 9.97 Å². The number of nitrogens with zero attached hydrogens (tertiary/aromatic N) is 2. The number of H-pyrrole nitrogens is 1. The highest BCUT2D eigenvalue weighted by Crippen LogP contribution is 2.13. The van der Waals surface area contributed by atoms with Gasteiger partial charge in [0.25, 0.3) is 0 Å². The Labute approximate surface area is 135 Å². The molecule has 0 aliphatic heterocycles. The molecule has 4 heteroatoms. The molecule has 0 fully saturated rings. The highest BCUT2D eigenvalue weighted by atomic mass is 35.5. The van der Waals surface area contributed by atoms with E-state index in [0.717, 1.165) is 25.0 Å². The summed E-state index contributed by atoms with van der Waals surface area (Å²) in [5.41, 5.74) is 1.37. The summed E-state index contributed by atoms with van der Waals surface area (Å²) in [7, 11) is 0. The molecule has 1 heterocycles. The third-order valence-corrected chi connectivity index (χ3v) is 4.25. The average molecular weight is 313 g/mol. The zero-order chi connectivity index (χ0) is 16.4. The van der Waals surface area contributed by atoms with Crippen molar-refractivity contribution in [3.05, 3.63) is 22.5 Å². The van der Waals surface area contributed by atoms with Gasteiger partial charge in [0.2, 0.25) is 0 Å². The first-order chi connectivity index (χ1) is 10.6. The lowest BCUT2D eigenvalue weighted by Gasteiger charge is -2.10. The molecule has 21 heavy (non-hydrogen) atoms. The van der Waals surface area contributed by atoms with E-state index in [2.05, 4.69) is 23.8 Å². The number of unbranched alkanes of at least 4 members (excludes halogenated alkanes) is 5. The molecular formula is C17H30ClN3. The third kappa shape index (κ3) is 6.64. The molecule has 0 aromatic carbocycles. The first-order valence-corrected chi connectivity index (χ1v) is 8.79. The molecule has 1 atom stereocenters. The zero-order valence-corrected chi connectivity index (χ0v) is 14.5. The van der Waals surface area contributed by atoms with Crippen molar-refractivity contribution in [2.24, 2.45) is 4.99 Å². The molecule has 120 valence electrons. The number of aromatic amines is 1. The van der Waals surface area contributed by atoms with Gasteiger partial charge in [0, 0.05) is 5.69 Å². The summed E-state index contributed by atoms with van der Waals surface area (Å²) in [4.78, 5) is 11.7. The van der Waals surface area contributed by atoms with Crippen molar-refractivity contribution in [3.8, 4) is 0 Å². The van der Waals surface area contributed by atoms with Crippen molar-refractivity contribution < 1.29 is 1.37 Å². The number of hydrogen-bond acceptors (Lipinski definition) is 2. The van der Waals surface area contributed by atoms with Crippen LogP contribution in [-0.4, -0.2) is 16.0 Å². The van der Waals surface area contributed by atoms with Gasteiger partial charge in [0.05, 0.1) is 12.3 Å². The summed E-state index contributed by atoms with van der Waals surface area (Å²) in [5, 5.41) is 0.569. The Hall–Kier alpha value is -0.830. The quantitative estimate of drug-likeness (QED) is 0.603. The van der Waals surface area contributed by atoms with Crippen LogP contribution >= 0.6 is 11.6 Å². The summed E-state index contributed by atoms with van der Waals surface area (Å²) in [5.74, 6) is 0. The smallest absolute Gasteiger partial charge is 0.169 e. The van der Waals surface area contributed by atoms with Crippen LogP contribution in [0.3, 0.4) is 0 Å². The molecule has 0 bridgehead atoms. The zero-order valence-electron chi connectivity index (χ0n) is 14.7. The SMILES string of the molecule is [2H]c1nc(=NC(CC)CCCCCCCC)c(Cl)c(CC)[nH]1. The van der Waals surface area contributed by atoms with Gasteiger partial charge < -0.3 is 4.98 Å². The van der Waals surface area contributed by atoms with E-state index in [1.807, 2.05) is 6.92 Å². The van der Waals surface area contributed by atoms with Crippen LogP contribution in [0, 0.1) is 0 Å². The fourth-order valence-electron chi connectivity index (χ4n) is 2.41. The third-order valence-electron chi connectivity index (χ3n) is 3.85. The van der Waals surface area contributed by atoms with Crippen molar-refractivity contribution in [2.45, 2.75) is 84.6 Å². The predicted octanol–water partition coefficient (Wildman–Crippen LogP) is 5.06. The van der Waals surface area contributed by atoms with Crippen molar-refractivity contribution >= 4 is 11.6 Å². The van der Waals surface area contributed by atoms with Crippen molar-refractivity contribution in [2.75, 3.05) is 0 Å². The Morgan fingerprint density at radius 1 is 1.24 bits per heavy atom. The van der Waals surface area contributed by atoms with Crippen molar-refractivity contribution in [1.29, 1.82) is 0 Å². The molecule has 0 radical (unpaired) electrons. The molecule has 3 nitrogen and oxygen atoms in total. The lowest BCUT2D eigenvalue weighted by atomic mass is 10.0. The summed E-state index contributed by atoms with van der Waals surface area (Å²) < 4.78 is 7.73. The highest BCUT2D eigenvalue weighted by molar-refractivity contribution is 6.30. The van der Waals surface area contributed by atoms with Gasteiger partial charge in [-0.2, -0.15) is 0 Å². The van der Waals surface area contributed by atoms with Crippen LogP contribution in [0.4, 0.5) is 0 Å². The Morgan fingerprint density at radius 3 is 2.62 bits per heavy atom. The van der Waals surface area contributed by atoms with Gasteiger partial charge in [0.1, 0.15) is 6.39 Å².